The number of amides is 2. The summed E-state index contributed by atoms with van der Waals surface area (Å²) in [6.07, 6.45) is 1.32. The molecule has 3 rings (SSSR count). The summed E-state index contributed by atoms with van der Waals surface area (Å²) in [6.45, 7) is 1.75. The van der Waals surface area contributed by atoms with Gasteiger partial charge in [-0.05, 0) is 35.9 Å². The average molecular weight is 396 g/mol. The van der Waals surface area contributed by atoms with E-state index in [1.165, 1.54) is 13.3 Å². The standard InChI is InChI=1S/C20H18ClN5O2/c1-13(27)25-15-6-8-16(9-7-15)26-19-10-18(23-12-24-19)20(28)22-11-14-4-2-3-5-17(14)21/h2-10,12H,11H2,1H3,(H,22,28)(H,25,27)(H,23,24,26). The minimum absolute atomic E-state index is 0.135. The second-order valence-electron chi connectivity index (χ2n) is 5.95. The minimum Gasteiger partial charge on any atom is -0.347 e. The Hall–Kier alpha value is -3.45. The van der Waals surface area contributed by atoms with Crippen LogP contribution < -0.4 is 16.0 Å². The van der Waals surface area contributed by atoms with Gasteiger partial charge in [-0.1, -0.05) is 29.8 Å². The van der Waals surface area contributed by atoms with Gasteiger partial charge in [0.25, 0.3) is 5.91 Å². The third-order valence-corrected chi connectivity index (χ3v) is 4.14. The molecule has 0 atom stereocenters. The van der Waals surface area contributed by atoms with Crippen LogP contribution in [0.1, 0.15) is 23.0 Å². The molecule has 142 valence electrons. The summed E-state index contributed by atoms with van der Waals surface area (Å²) in [5.74, 6) is 0.0144. The van der Waals surface area contributed by atoms with Crippen LogP contribution in [-0.4, -0.2) is 21.8 Å². The van der Waals surface area contributed by atoms with E-state index in [1.807, 2.05) is 18.2 Å². The molecular weight excluding hydrogens is 378 g/mol. The molecule has 28 heavy (non-hydrogen) atoms. The van der Waals surface area contributed by atoms with Crippen LogP contribution in [0.25, 0.3) is 0 Å². The van der Waals surface area contributed by atoms with Gasteiger partial charge in [0.05, 0.1) is 0 Å². The number of hydrogen-bond acceptors (Lipinski definition) is 5. The molecular formula is C20H18ClN5O2. The van der Waals surface area contributed by atoms with E-state index in [0.29, 0.717) is 23.1 Å². The predicted molar refractivity (Wildman–Crippen MR) is 109 cm³/mol. The van der Waals surface area contributed by atoms with Crippen molar-refractivity contribution < 1.29 is 9.59 Å². The van der Waals surface area contributed by atoms with Crippen LogP contribution in [0.2, 0.25) is 5.02 Å². The zero-order valence-corrected chi connectivity index (χ0v) is 15.8. The van der Waals surface area contributed by atoms with Gasteiger partial charge in [-0.2, -0.15) is 0 Å². The Morgan fingerprint density at radius 3 is 2.43 bits per heavy atom. The van der Waals surface area contributed by atoms with E-state index in [0.717, 1.165) is 11.3 Å². The number of anilines is 3. The zero-order valence-electron chi connectivity index (χ0n) is 15.1. The van der Waals surface area contributed by atoms with Gasteiger partial charge < -0.3 is 16.0 Å². The lowest BCUT2D eigenvalue weighted by atomic mass is 10.2. The van der Waals surface area contributed by atoms with E-state index in [9.17, 15) is 9.59 Å². The number of benzene rings is 2. The lowest BCUT2D eigenvalue weighted by molar-refractivity contribution is -0.114. The Balaban J connectivity index is 1.64. The van der Waals surface area contributed by atoms with E-state index in [4.69, 9.17) is 11.6 Å². The molecule has 0 aliphatic carbocycles. The fourth-order valence-electron chi connectivity index (χ4n) is 2.45. The van der Waals surface area contributed by atoms with Gasteiger partial charge in [0.1, 0.15) is 17.8 Å². The second kappa shape index (κ2) is 8.96. The summed E-state index contributed by atoms with van der Waals surface area (Å²) in [5, 5.41) is 9.18. The molecule has 1 aromatic heterocycles. The smallest absolute Gasteiger partial charge is 0.270 e. The van der Waals surface area contributed by atoms with Crippen LogP contribution in [0.3, 0.4) is 0 Å². The summed E-state index contributed by atoms with van der Waals surface area (Å²) in [7, 11) is 0. The third kappa shape index (κ3) is 5.28. The normalized spacial score (nSPS) is 10.2. The summed E-state index contributed by atoms with van der Waals surface area (Å²) < 4.78 is 0. The summed E-state index contributed by atoms with van der Waals surface area (Å²) >= 11 is 6.10. The number of halogens is 1. The first-order chi connectivity index (χ1) is 13.5. The molecule has 8 heteroatoms. The highest BCUT2D eigenvalue weighted by atomic mass is 35.5. The number of nitrogens with one attached hydrogen (secondary N) is 3. The summed E-state index contributed by atoms with van der Waals surface area (Å²) in [6, 6.07) is 16.0. The van der Waals surface area contributed by atoms with Crippen LogP contribution in [0.4, 0.5) is 17.2 Å². The van der Waals surface area contributed by atoms with Crippen LogP contribution in [-0.2, 0) is 11.3 Å². The van der Waals surface area contributed by atoms with Gasteiger partial charge in [-0.15, -0.1) is 0 Å². The van der Waals surface area contributed by atoms with Gasteiger partial charge in [0.15, 0.2) is 0 Å². The fourth-order valence-corrected chi connectivity index (χ4v) is 2.65. The molecule has 0 radical (unpaired) electrons. The van der Waals surface area contributed by atoms with Gasteiger partial charge in [0, 0.05) is 35.9 Å². The fraction of sp³-hybridized carbons (Fsp3) is 0.100. The molecule has 0 saturated heterocycles. The Morgan fingerprint density at radius 1 is 1.00 bits per heavy atom. The van der Waals surface area contributed by atoms with Crippen molar-refractivity contribution in [3.63, 3.8) is 0 Å². The maximum atomic E-state index is 12.4. The molecule has 1 heterocycles. The quantitative estimate of drug-likeness (QED) is 0.590. The van der Waals surface area contributed by atoms with E-state index < -0.39 is 0 Å². The number of nitrogens with zero attached hydrogens (tertiary/aromatic N) is 2. The molecule has 2 aromatic carbocycles. The number of hydrogen-bond donors (Lipinski definition) is 3. The summed E-state index contributed by atoms with van der Waals surface area (Å²) in [5.41, 5.74) is 2.51. The highest BCUT2D eigenvalue weighted by Gasteiger charge is 2.10. The van der Waals surface area contributed by atoms with Crippen molar-refractivity contribution in [2.75, 3.05) is 10.6 Å². The topological polar surface area (TPSA) is 96.0 Å². The van der Waals surface area contributed by atoms with Crippen molar-refractivity contribution in [2.24, 2.45) is 0 Å². The van der Waals surface area contributed by atoms with Crippen molar-refractivity contribution >= 4 is 40.6 Å². The van der Waals surface area contributed by atoms with E-state index in [2.05, 4.69) is 25.9 Å². The lowest BCUT2D eigenvalue weighted by Gasteiger charge is -2.09. The number of rotatable bonds is 6. The molecule has 0 bridgehead atoms. The SMILES string of the molecule is CC(=O)Nc1ccc(Nc2cc(C(=O)NCc3ccccc3Cl)ncn2)cc1. The molecule has 7 nitrogen and oxygen atoms in total. The predicted octanol–water partition coefficient (Wildman–Crippen LogP) is 3.76. The van der Waals surface area contributed by atoms with Crippen LogP contribution in [0.15, 0.2) is 60.9 Å². The molecule has 2 amide bonds. The highest BCUT2D eigenvalue weighted by Crippen LogP contribution is 2.18. The summed E-state index contributed by atoms with van der Waals surface area (Å²) in [4.78, 5) is 31.6. The Bertz CT molecular complexity index is 992. The van der Waals surface area contributed by atoms with Gasteiger partial charge in [-0.3, -0.25) is 9.59 Å². The molecule has 0 fully saturated rings. The molecule has 0 unspecified atom stereocenters. The molecule has 0 saturated carbocycles. The van der Waals surface area contributed by atoms with Crippen molar-refractivity contribution in [2.45, 2.75) is 13.5 Å². The molecule has 0 aliphatic heterocycles. The first-order valence-electron chi connectivity index (χ1n) is 8.49. The van der Waals surface area contributed by atoms with Gasteiger partial charge in [-0.25, -0.2) is 9.97 Å². The van der Waals surface area contributed by atoms with Gasteiger partial charge >= 0.3 is 0 Å². The Labute approximate surface area is 167 Å². The Kier molecular flexibility index (Phi) is 6.18. The maximum absolute atomic E-state index is 12.4. The van der Waals surface area contributed by atoms with E-state index in [-0.39, 0.29) is 17.5 Å². The number of aromatic nitrogens is 2. The van der Waals surface area contributed by atoms with Crippen molar-refractivity contribution in [1.29, 1.82) is 0 Å². The third-order valence-electron chi connectivity index (χ3n) is 3.77. The maximum Gasteiger partial charge on any atom is 0.270 e. The number of carbonyl (C=O) groups is 2. The Morgan fingerprint density at radius 2 is 1.71 bits per heavy atom. The van der Waals surface area contributed by atoms with Gasteiger partial charge in [0.2, 0.25) is 5.91 Å². The number of carbonyl (C=O) groups excluding carboxylic acids is 2. The highest BCUT2D eigenvalue weighted by molar-refractivity contribution is 6.31. The van der Waals surface area contributed by atoms with E-state index >= 15 is 0 Å². The largest absolute Gasteiger partial charge is 0.347 e. The first-order valence-corrected chi connectivity index (χ1v) is 8.87. The molecule has 3 N–H and O–H groups in total. The van der Waals surface area contributed by atoms with E-state index in [1.54, 1.807) is 36.4 Å². The van der Waals surface area contributed by atoms with Crippen molar-refractivity contribution in [3.8, 4) is 0 Å². The molecule has 0 spiro atoms. The molecule has 3 aromatic rings. The monoisotopic (exact) mass is 395 g/mol. The molecule has 0 aliphatic rings. The van der Waals surface area contributed by atoms with Crippen LogP contribution >= 0.6 is 11.6 Å². The van der Waals surface area contributed by atoms with Crippen molar-refractivity contribution in [1.82, 2.24) is 15.3 Å². The average Bonchev–Trinajstić information content (AvgIpc) is 2.68. The van der Waals surface area contributed by atoms with Crippen LogP contribution in [0.5, 0.6) is 0 Å². The zero-order chi connectivity index (χ0) is 19.9. The second-order valence-corrected chi connectivity index (χ2v) is 6.35. The van der Waals surface area contributed by atoms with Crippen LogP contribution in [0, 0.1) is 0 Å². The lowest BCUT2D eigenvalue weighted by Crippen LogP contribution is -2.24. The first kappa shape index (κ1) is 19.3. The minimum atomic E-state index is -0.327. The van der Waals surface area contributed by atoms with Crippen molar-refractivity contribution in [3.05, 3.63) is 77.2 Å².